The van der Waals surface area contributed by atoms with Crippen LogP contribution < -0.4 is 5.73 Å². The van der Waals surface area contributed by atoms with Crippen molar-refractivity contribution in [3.8, 4) is 0 Å². The van der Waals surface area contributed by atoms with Crippen molar-refractivity contribution >= 4 is 22.8 Å². The zero-order valence-electron chi connectivity index (χ0n) is 11.9. The van der Waals surface area contributed by atoms with Crippen LogP contribution in [0.1, 0.15) is 16.7 Å². The van der Waals surface area contributed by atoms with Crippen LogP contribution in [0.15, 0.2) is 22.8 Å². The lowest BCUT2D eigenvalue weighted by Crippen LogP contribution is -2.36. The third-order valence-electron chi connectivity index (χ3n) is 3.50. The average Bonchev–Trinajstić information content (AvgIpc) is 2.77. The third-order valence-corrected chi connectivity index (χ3v) is 3.50. The zero-order chi connectivity index (χ0) is 14.9. The van der Waals surface area contributed by atoms with Gasteiger partial charge in [0.25, 0.3) is 0 Å². The Labute approximate surface area is 117 Å². The first kappa shape index (κ1) is 14.1. The highest BCUT2D eigenvalue weighted by molar-refractivity contribution is 5.90. The number of likely N-dealkylation sites (N-methyl/N-ethyl adjacent to an activating group) is 1. The lowest BCUT2D eigenvalue weighted by molar-refractivity contribution is -0.133. The Morgan fingerprint density at radius 2 is 2.00 bits per heavy atom. The molecule has 0 aliphatic heterocycles. The SMILES string of the molecule is Cc1ccc2c(CC(=O)N(C)CC(N)=O)coc2c1C. The second-order valence-electron chi connectivity index (χ2n) is 5.04. The fraction of sp³-hybridized carbons (Fsp3) is 0.333. The molecule has 2 N–H and O–H groups in total. The molecule has 106 valence electrons. The summed E-state index contributed by atoms with van der Waals surface area (Å²) < 4.78 is 5.56. The van der Waals surface area contributed by atoms with Crippen LogP contribution in [0.4, 0.5) is 0 Å². The fourth-order valence-corrected chi connectivity index (χ4v) is 2.15. The molecule has 1 heterocycles. The first-order valence-electron chi connectivity index (χ1n) is 6.38. The number of hydrogen-bond acceptors (Lipinski definition) is 3. The molecule has 0 aliphatic carbocycles. The molecule has 0 radical (unpaired) electrons. The third kappa shape index (κ3) is 2.66. The van der Waals surface area contributed by atoms with Gasteiger partial charge in [-0.1, -0.05) is 12.1 Å². The number of carbonyl (C=O) groups excluding carboxylic acids is 2. The number of primary amides is 1. The molecule has 1 aromatic carbocycles. The Morgan fingerprint density at radius 3 is 2.65 bits per heavy atom. The number of furan rings is 1. The Bertz CT molecular complexity index is 673. The number of nitrogens with zero attached hydrogens (tertiary/aromatic N) is 1. The molecule has 0 fully saturated rings. The Kier molecular flexibility index (Phi) is 3.79. The Hall–Kier alpha value is -2.30. The second-order valence-corrected chi connectivity index (χ2v) is 5.04. The number of fused-ring (bicyclic) bond motifs is 1. The molecule has 0 saturated carbocycles. The van der Waals surface area contributed by atoms with Crippen molar-refractivity contribution in [3.63, 3.8) is 0 Å². The van der Waals surface area contributed by atoms with E-state index in [0.717, 1.165) is 27.7 Å². The summed E-state index contributed by atoms with van der Waals surface area (Å²) in [4.78, 5) is 24.2. The number of hydrogen-bond donors (Lipinski definition) is 1. The molecule has 0 saturated heterocycles. The summed E-state index contributed by atoms with van der Waals surface area (Å²) in [6.07, 6.45) is 1.80. The van der Waals surface area contributed by atoms with Crippen LogP contribution in [0, 0.1) is 13.8 Å². The van der Waals surface area contributed by atoms with Crippen molar-refractivity contribution in [2.24, 2.45) is 5.73 Å². The standard InChI is InChI=1S/C15H18N2O3/c1-9-4-5-12-11(8-20-15(12)10(9)2)6-14(19)17(3)7-13(16)18/h4-5,8H,6-7H2,1-3H3,(H2,16,18). The van der Waals surface area contributed by atoms with Gasteiger partial charge < -0.3 is 15.1 Å². The summed E-state index contributed by atoms with van der Waals surface area (Å²) in [6.45, 7) is 3.93. The predicted octanol–water partition coefficient (Wildman–Crippen LogP) is 1.54. The van der Waals surface area contributed by atoms with Gasteiger partial charge in [0.05, 0.1) is 19.2 Å². The van der Waals surface area contributed by atoms with Crippen LogP contribution in [0.3, 0.4) is 0 Å². The molecular weight excluding hydrogens is 256 g/mol. The van der Waals surface area contributed by atoms with Crippen LogP contribution in [-0.2, 0) is 16.0 Å². The van der Waals surface area contributed by atoms with Crippen molar-refractivity contribution in [3.05, 3.63) is 35.1 Å². The summed E-state index contributed by atoms with van der Waals surface area (Å²) in [5.41, 5.74) is 8.94. The van der Waals surface area contributed by atoms with Gasteiger partial charge in [0.2, 0.25) is 11.8 Å². The second kappa shape index (κ2) is 5.36. The van der Waals surface area contributed by atoms with Crippen molar-refractivity contribution in [2.75, 3.05) is 13.6 Å². The van der Waals surface area contributed by atoms with Gasteiger partial charge >= 0.3 is 0 Å². The minimum atomic E-state index is -0.524. The van der Waals surface area contributed by atoms with Gasteiger partial charge in [0.1, 0.15) is 5.58 Å². The van der Waals surface area contributed by atoms with E-state index in [-0.39, 0.29) is 18.9 Å². The van der Waals surface area contributed by atoms with E-state index in [1.165, 1.54) is 4.90 Å². The van der Waals surface area contributed by atoms with Crippen molar-refractivity contribution < 1.29 is 14.0 Å². The molecular formula is C15H18N2O3. The quantitative estimate of drug-likeness (QED) is 0.918. The number of benzene rings is 1. The molecule has 2 amide bonds. The number of carbonyl (C=O) groups is 2. The molecule has 1 aromatic heterocycles. The first-order valence-corrected chi connectivity index (χ1v) is 6.38. The smallest absolute Gasteiger partial charge is 0.237 e. The van der Waals surface area contributed by atoms with Crippen LogP contribution in [0.25, 0.3) is 11.0 Å². The van der Waals surface area contributed by atoms with Gasteiger partial charge in [-0.3, -0.25) is 9.59 Å². The van der Waals surface area contributed by atoms with Crippen molar-refractivity contribution in [2.45, 2.75) is 20.3 Å². The number of nitrogens with two attached hydrogens (primary N) is 1. The maximum Gasteiger partial charge on any atom is 0.237 e. The van der Waals surface area contributed by atoms with Crippen LogP contribution >= 0.6 is 0 Å². The molecule has 0 bridgehead atoms. The topological polar surface area (TPSA) is 76.5 Å². The Morgan fingerprint density at radius 1 is 1.30 bits per heavy atom. The molecule has 2 rings (SSSR count). The minimum absolute atomic E-state index is 0.0766. The maximum absolute atomic E-state index is 12.0. The van der Waals surface area contributed by atoms with Gasteiger partial charge in [0.15, 0.2) is 0 Å². The molecule has 0 spiro atoms. The molecule has 5 heteroatoms. The van der Waals surface area contributed by atoms with E-state index in [9.17, 15) is 9.59 Å². The molecule has 0 atom stereocenters. The zero-order valence-corrected chi connectivity index (χ0v) is 11.9. The molecule has 5 nitrogen and oxygen atoms in total. The van der Waals surface area contributed by atoms with Gasteiger partial charge in [-0.2, -0.15) is 0 Å². The highest BCUT2D eigenvalue weighted by atomic mass is 16.3. The van der Waals surface area contributed by atoms with E-state index in [1.54, 1.807) is 13.3 Å². The largest absolute Gasteiger partial charge is 0.464 e. The lowest BCUT2D eigenvalue weighted by Gasteiger charge is -2.14. The predicted molar refractivity (Wildman–Crippen MR) is 76.2 cm³/mol. The summed E-state index contributed by atoms with van der Waals surface area (Å²) in [5.74, 6) is -0.686. The first-order chi connectivity index (χ1) is 9.40. The number of rotatable bonds is 4. The minimum Gasteiger partial charge on any atom is -0.464 e. The van der Waals surface area contributed by atoms with Gasteiger partial charge in [-0.05, 0) is 25.0 Å². The highest BCUT2D eigenvalue weighted by Crippen LogP contribution is 2.26. The van der Waals surface area contributed by atoms with Crippen LogP contribution in [0.2, 0.25) is 0 Å². The normalized spacial score (nSPS) is 10.8. The van der Waals surface area contributed by atoms with E-state index in [4.69, 9.17) is 10.2 Å². The van der Waals surface area contributed by atoms with E-state index < -0.39 is 5.91 Å². The summed E-state index contributed by atoms with van der Waals surface area (Å²) in [7, 11) is 1.56. The summed E-state index contributed by atoms with van der Waals surface area (Å²) in [6, 6.07) is 3.96. The molecule has 2 aromatic rings. The average molecular weight is 274 g/mol. The van der Waals surface area contributed by atoms with Gasteiger partial charge in [0, 0.05) is 18.0 Å². The van der Waals surface area contributed by atoms with Gasteiger partial charge in [-0.25, -0.2) is 0 Å². The van der Waals surface area contributed by atoms with E-state index in [0.29, 0.717) is 0 Å². The maximum atomic E-state index is 12.0. The fourth-order valence-electron chi connectivity index (χ4n) is 2.15. The summed E-state index contributed by atoms with van der Waals surface area (Å²) in [5, 5.41) is 0.939. The van der Waals surface area contributed by atoms with E-state index in [2.05, 4.69) is 0 Å². The Balaban J connectivity index is 2.24. The molecule has 20 heavy (non-hydrogen) atoms. The monoisotopic (exact) mass is 274 g/mol. The lowest BCUT2D eigenvalue weighted by atomic mass is 10.0. The van der Waals surface area contributed by atoms with Gasteiger partial charge in [-0.15, -0.1) is 0 Å². The van der Waals surface area contributed by atoms with E-state index >= 15 is 0 Å². The highest BCUT2D eigenvalue weighted by Gasteiger charge is 2.16. The number of amides is 2. The molecule has 0 unspecified atom stereocenters. The van der Waals surface area contributed by atoms with Crippen LogP contribution in [0.5, 0.6) is 0 Å². The number of aryl methyl sites for hydroxylation is 2. The van der Waals surface area contributed by atoms with Crippen molar-refractivity contribution in [1.29, 1.82) is 0 Å². The van der Waals surface area contributed by atoms with Crippen molar-refractivity contribution in [1.82, 2.24) is 4.90 Å². The van der Waals surface area contributed by atoms with Crippen LogP contribution in [-0.4, -0.2) is 30.3 Å². The van der Waals surface area contributed by atoms with E-state index in [1.807, 2.05) is 26.0 Å². The molecule has 0 aliphatic rings. The summed E-state index contributed by atoms with van der Waals surface area (Å²) >= 11 is 0.